The topological polar surface area (TPSA) is 82.1 Å². The highest BCUT2D eigenvalue weighted by Gasteiger charge is 2.01. The van der Waals surface area contributed by atoms with Crippen molar-refractivity contribution in [1.82, 2.24) is 9.71 Å². The number of aromatic nitrogens is 1. The number of nitrogens with one attached hydrogen (secondary N) is 1. The lowest BCUT2D eigenvalue weighted by atomic mass is 10.1. The predicted octanol–water partition coefficient (Wildman–Crippen LogP) is -0.0755. The highest BCUT2D eigenvalue weighted by Crippen LogP contribution is 1.99. The molecule has 0 radical (unpaired) electrons. The Morgan fingerprint density at radius 3 is 3.00 bits per heavy atom. The molecule has 0 aliphatic heterocycles. The number of rotatable bonds is 4. The monoisotopic (exact) mass is 213 g/mol. The van der Waals surface area contributed by atoms with Crippen LogP contribution in [0.25, 0.3) is 0 Å². The predicted molar refractivity (Wildman–Crippen MR) is 49.6 cm³/mol. The van der Waals surface area contributed by atoms with Gasteiger partial charge in [0.25, 0.3) is 0 Å². The lowest BCUT2D eigenvalue weighted by Gasteiger charge is -2.06. The van der Waals surface area contributed by atoms with Gasteiger partial charge in [0.2, 0.25) is 5.91 Å². The molecule has 1 amide bonds. The summed E-state index contributed by atoms with van der Waals surface area (Å²) in [6, 6.07) is 3.59. The fraction of sp³-hybridized carbons (Fsp3) is 0.250. The highest BCUT2D eigenvalue weighted by molar-refractivity contribution is 7.77. The molecule has 0 saturated heterocycles. The molecule has 14 heavy (non-hydrogen) atoms. The van der Waals surface area contributed by atoms with Crippen molar-refractivity contribution >= 4 is 17.2 Å². The number of aryl methyl sites for hydroxylation is 1. The Morgan fingerprint density at radius 1 is 1.64 bits per heavy atom. The molecule has 0 aliphatic rings. The molecule has 1 aromatic rings. The molecule has 1 rings (SSSR count). The fourth-order valence-corrected chi connectivity index (χ4v) is 1.24. The Kier molecular flexibility index (Phi) is 4.21. The number of amides is 1. The number of pyridine rings is 1. The fourth-order valence-electron chi connectivity index (χ4n) is 0.948. The van der Waals surface area contributed by atoms with Gasteiger partial charge in [0, 0.05) is 30.1 Å². The molecule has 0 saturated carbocycles. The quantitative estimate of drug-likeness (QED) is 0.709. The van der Waals surface area contributed by atoms with E-state index in [0.717, 1.165) is 5.56 Å². The first kappa shape index (κ1) is 10.8. The van der Waals surface area contributed by atoms with Crippen LogP contribution < -0.4 is 4.72 Å². The summed E-state index contributed by atoms with van der Waals surface area (Å²) >= 11 is -2.52. The molecule has 0 aliphatic carbocycles. The zero-order valence-corrected chi connectivity index (χ0v) is 8.12. The normalized spacial score (nSPS) is 12.1. The number of nitrogens with zero attached hydrogens (tertiary/aromatic N) is 1. The van der Waals surface area contributed by atoms with Crippen molar-refractivity contribution in [2.24, 2.45) is 0 Å². The first-order valence-electron chi connectivity index (χ1n) is 3.96. The second kappa shape index (κ2) is 5.46. The second-order valence-corrected chi connectivity index (χ2v) is 3.29. The van der Waals surface area contributed by atoms with Crippen molar-refractivity contribution in [1.29, 1.82) is 0 Å². The van der Waals surface area contributed by atoms with Gasteiger partial charge in [-0.05, 0) is 18.1 Å². The summed E-state index contributed by atoms with van der Waals surface area (Å²) in [5.74, 6) is -0.512. The minimum atomic E-state index is -2.52. The number of carbonyl (C=O) groups is 1. The standard InChI is InChI=1S/C8H10N2O3S/c11-8(10-14(12)13)4-3-7-2-1-5-9-6-7/h1-2,5-6H,3-4H2,(H,10,11)(H,12,13)/p-1. The second-order valence-electron chi connectivity index (χ2n) is 2.62. The maximum Gasteiger partial charge on any atom is 0.231 e. The Labute approximate surface area is 84.0 Å². The smallest absolute Gasteiger partial charge is 0.231 e. The van der Waals surface area contributed by atoms with Gasteiger partial charge in [-0.15, -0.1) is 0 Å². The van der Waals surface area contributed by atoms with E-state index in [2.05, 4.69) is 4.98 Å². The van der Waals surface area contributed by atoms with Crippen LogP contribution in [0, 0.1) is 0 Å². The summed E-state index contributed by atoms with van der Waals surface area (Å²) < 4.78 is 21.9. The summed E-state index contributed by atoms with van der Waals surface area (Å²) in [7, 11) is 0. The lowest BCUT2D eigenvalue weighted by molar-refractivity contribution is -0.119. The van der Waals surface area contributed by atoms with Crippen molar-refractivity contribution in [2.75, 3.05) is 0 Å². The zero-order chi connectivity index (χ0) is 10.4. The SMILES string of the molecule is O=C(CCc1cccnc1)NS(=O)[O-]. The Hall–Kier alpha value is -1.27. The van der Waals surface area contributed by atoms with Gasteiger partial charge in [-0.2, -0.15) is 0 Å². The molecule has 1 aromatic heterocycles. The summed E-state index contributed by atoms with van der Waals surface area (Å²) in [6.45, 7) is 0. The van der Waals surface area contributed by atoms with Crippen LogP contribution in [0.15, 0.2) is 24.5 Å². The summed E-state index contributed by atoms with van der Waals surface area (Å²) in [4.78, 5) is 14.8. The Balaban J connectivity index is 2.34. The van der Waals surface area contributed by atoms with Crippen LogP contribution in [0.2, 0.25) is 0 Å². The molecular formula is C8H9N2O3S-. The van der Waals surface area contributed by atoms with E-state index in [-0.39, 0.29) is 6.42 Å². The van der Waals surface area contributed by atoms with Crippen molar-refractivity contribution < 1.29 is 13.6 Å². The van der Waals surface area contributed by atoms with Crippen molar-refractivity contribution in [3.8, 4) is 0 Å². The van der Waals surface area contributed by atoms with Crippen LogP contribution >= 0.6 is 0 Å². The third-order valence-corrected chi connectivity index (χ3v) is 1.96. The van der Waals surface area contributed by atoms with Gasteiger partial charge < -0.3 is 4.55 Å². The molecule has 6 heteroatoms. The van der Waals surface area contributed by atoms with E-state index in [1.807, 2.05) is 6.07 Å². The van der Waals surface area contributed by atoms with E-state index in [1.165, 1.54) is 0 Å². The van der Waals surface area contributed by atoms with Gasteiger partial charge in [0.05, 0.1) is 0 Å². The maximum atomic E-state index is 10.9. The molecule has 1 atom stereocenters. The third-order valence-electron chi connectivity index (χ3n) is 1.56. The summed E-state index contributed by atoms with van der Waals surface area (Å²) in [5.41, 5.74) is 0.902. The van der Waals surface area contributed by atoms with Gasteiger partial charge in [0.15, 0.2) is 0 Å². The molecule has 1 unspecified atom stereocenters. The molecule has 5 nitrogen and oxygen atoms in total. The zero-order valence-electron chi connectivity index (χ0n) is 7.30. The van der Waals surface area contributed by atoms with Gasteiger partial charge in [-0.1, -0.05) is 6.07 Å². The minimum absolute atomic E-state index is 0.139. The molecule has 0 aromatic carbocycles. The van der Waals surface area contributed by atoms with Crippen LogP contribution in [0.4, 0.5) is 0 Å². The lowest BCUT2D eigenvalue weighted by Crippen LogP contribution is -2.25. The number of hydrogen-bond donors (Lipinski definition) is 1. The van der Waals surface area contributed by atoms with E-state index in [0.29, 0.717) is 6.42 Å². The van der Waals surface area contributed by atoms with Gasteiger partial charge >= 0.3 is 0 Å². The molecule has 0 bridgehead atoms. The average molecular weight is 213 g/mol. The highest BCUT2D eigenvalue weighted by atomic mass is 32.2. The Morgan fingerprint density at radius 2 is 2.43 bits per heavy atom. The molecule has 0 spiro atoms. The van der Waals surface area contributed by atoms with E-state index in [1.54, 1.807) is 23.2 Å². The largest absolute Gasteiger partial charge is 0.755 e. The van der Waals surface area contributed by atoms with Gasteiger partial charge in [0.1, 0.15) is 0 Å². The number of hydrogen-bond acceptors (Lipinski definition) is 4. The first-order valence-corrected chi connectivity index (χ1v) is 5.03. The van der Waals surface area contributed by atoms with Gasteiger partial charge in [-0.25, -0.2) is 0 Å². The van der Waals surface area contributed by atoms with Crippen LogP contribution in [0.3, 0.4) is 0 Å². The maximum absolute atomic E-state index is 10.9. The average Bonchev–Trinajstić information content (AvgIpc) is 2.15. The molecule has 0 fully saturated rings. The third kappa shape index (κ3) is 4.11. The molecule has 1 N–H and O–H groups in total. The van der Waals surface area contributed by atoms with Crippen LogP contribution in [-0.2, 0) is 22.5 Å². The first-order chi connectivity index (χ1) is 6.68. The molecular weight excluding hydrogens is 204 g/mol. The van der Waals surface area contributed by atoms with Crippen molar-refractivity contribution in [3.63, 3.8) is 0 Å². The molecule has 1 heterocycles. The summed E-state index contributed by atoms with van der Waals surface area (Å²) in [6.07, 6.45) is 3.90. The summed E-state index contributed by atoms with van der Waals surface area (Å²) in [5, 5.41) is 0. The van der Waals surface area contributed by atoms with E-state index < -0.39 is 17.2 Å². The van der Waals surface area contributed by atoms with Gasteiger partial charge in [-0.3, -0.25) is 18.7 Å². The van der Waals surface area contributed by atoms with Crippen molar-refractivity contribution in [2.45, 2.75) is 12.8 Å². The van der Waals surface area contributed by atoms with E-state index in [4.69, 9.17) is 0 Å². The molecule has 76 valence electrons. The van der Waals surface area contributed by atoms with Crippen LogP contribution in [-0.4, -0.2) is 19.7 Å². The van der Waals surface area contributed by atoms with Crippen LogP contribution in [0.1, 0.15) is 12.0 Å². The number of carbonyl (C=O) groups excluding carboxylic acids is 1. The van der Waals surface area contributed by atoms with E-state index in [9.17, 15) is 13.6 Å². The van der Waals surface area contributed by atoms with E-state index >= 15 is 0 Å². The van der Waals surface area contributed by atoms with Crippen LogP contribution in [0.5, 0.6) is 0 Å². The Bertz CT molecular complexity index is 329. The van der Waals surface area contributed by atoms with Crippen molar-refractivity contribution in [3.05, 3.63) is 30.1 Å². The minimum Gasteiger partial charge on any atom is -0.755 e.